The number of ether oxygens (including phenoxy) is 3. The molecule has 2 saturated heterocycles. The molecule has 1 saturated carbocycles. The normalized spacial score (nSPS) is 48.0. The zero-order chi connectivity index (χ0) is 16.1. The van der Waals surface area contributed by atoms with Gasteiger partial charge < -0.3 is 14.2 Å². The van der Waals surface area contributed by atoms with Gasteiger partial charge in [0.1, 0.15) is 12.2 Å². The predicted octanol–water partition coefficient (Wildman–Crippen LogP) is 3.20. The highest BCUT2D eigenvalue weighted by molar-refractivity contribution is 5.94. The zero-order valence-corrected chi connectivity index (χ0v) is 14.4. The van der Waals surface area contributed by atoms with Gasteiger partial charge in [-0.2, -0.15) is 0 Å². The quantitative estimate of drug-likeness (QED) is 0.645. The van der Waals surface area contributed by atoms with E-state index in [0.717, 1.165) is 24.0 Å². The van der Waals surface area contributed by atoms with E-state index in [1.165, 1.54) is 0 Å². The molecule has 0 spiro atoms. The molecule has 0 unspecified atom stereocenters. The van der Waals surface area contributed by atoms with Crippen molar-refractivity contribution in [2.24, 2.45) is 16.7 Å². The van der Waals surface area contributed by atoms with Crippen LogP contribution < -0.4 is 0 Å². The molecule has 4 rings (SSSR count). The monoisotopic (exact) mass is 306 g/mol. The van der Waals surface area contributed by atoms with Gasteiger partial charge in [-0.1, -0.05) is 20.8 Å². The van der Waals surface area contributed by atoms with E-state index in [2.05, 4.69) is 20.8 Å². The van der Waals surface area contributed by atoms with Crippen LogP contribution in [0, 0.1) is 16.7 Å². The van der Waals surface area contributed by atoms with Gasteiger partial charge in [-0.05, 0) is 44.6 Å². The van der Waals surface area contributed by atoms with E-state index in [1.807, 2.05) is 20.8 Å². The maximum Gasteiger partial charge on any atom is 0.335 e. The molecular weight excluding hydrogens is 280 g/mol. The summed E-state index contributed by atoms with van der Waals surface area (Å²) >= 11 is 0. The van der Waals surface area contributed by atoms with Crippen molar-refractivity contribution >= 4 is 5.97 Å². The van der Waals surface area contributed by atoms with Crippen molar-refractivity contribution in [1.29, 1.82) is 0 Å². The molecule has 0 aromatic rings. The van der Waals surface area contributed by atoms with Gasteiger partial charge >= 0.3 is 5.97 Å². The first-order valence-corrected chi connectivity index (χ1v) is 8.36. The van der Waals surface area contributed by atoms with Crippen LogP contribution in [-0.4, -0.2) is 30.1 Å². The number of fused-ring (bicyclic) bond motifs is 2. The van der Waals surface area contributed by atoms with Crippen molar-refractivity contribution in [2.45, 2.75) is 78.5 Å². The van der Waals surface area contributed by atoms with Crippen molar-refractivity contribution in [2.75, 3.05) is 0 Å². The van der Waals surface area contributed by atoms with E-state index in [0.29, 0.717) is 0 Å². The molecule has 22 heavy (non-hydrogen) atoms. The van der Waals surface area contributed by atoms with Crippen LogP contribution in [0.1, 0.15) is 54.4 Å². The summed E-state index contributed by atoms with van der Waals surface area (Å²) in [5.41, 5.74) is 1.71. The maximum absolute atomic E-state index is 12.6. The number of esters is 1. The predicted molar refractivity (Wildman–Crippen MR) is 81.0 cm³/mol. The van der Waals surface area contributed by atoms with Crippen molar-refractivity contribution < 1.29 is 19.0 Å². The molecule has 0 amide bonds. The first-order valence-electron chi connectivity index (χ1n) is 8.36. The lowest BCUT2D eigenvalue weighted by Crippen LogP contribution is -2.58. The fraction of sp³-hybridized carbons (Fsp3) is 0.833. The van der Waals surface area contributed by atoms with Crippen LogP contribution in [0.2, 0.25) is 0 Å². The zero-order valence-electron chi connectivity index (χ0n) is 14.4. The minimum atomic E-state index is -0.598. The average Bonchev–Trinajstić information content (AvgIpc) is 2.80. The summed E-state index contributed by atoms with van der Waals surface area (Å²) in [6, 6.07) is 0. The molecule has 2 heterocycles. The molecule has 0 aromatic heterocycles. The Morgan fingerprint density at radius 3 is 2.45 bits per heavy atom. The fourth-order valence-corrected chi connectivity index (χ4v) is 5.76. The smallest absolute Gasteiger partial charge is 0.335 e. The van der Waals surface area contributed by atoms with Crippen molar-refractivity contribution in [3.05, 3.63) is 11.1 Å². The molecule has 122 valence electrons. The summed E-state index contributed by atoms with van der Waals surface area (Å²) in [6.45, 7) is 12.8. The second kappa shape index (κ2) is 3.96. The van der Waals surface area contributed by atoms with Gasteiger partial charge in [-0.25, -0.2) is 4.79 Å². The van der Waals surface area contributed by atoms with Gasteiger partial charge in [0.25, 0.3) is 0 Å². The topological polar surface area (TPSA) is 44.8 Å². The Morgan fingerprint density at radius 2 is 1.77 bits per heavy atom. The summed E-state index contributed by atoms with van der Waals surface area (Å²) in [5.74, 6) is -0.505. The Morgan fingerprint density at radius 1 is 1.09 bits per heavy atom. The highest BCUT2D eigenvalue weighted by atomic mass is 16.8. The number of hydrogen-bond acceptors (Lipinski definition) is 4. The molecule has 0 N–H and O–H groups in total. The molecule has 2 aliphatic heterocycles. The Balaban J connectivity index is 1.95. The van der Waals surface area contributed by atoms with E-state index in [9.17, 15) is 4.79 Å². The van der Waals surface area contributed by atoms with Gasteiger partial charge in [0.2, 0.25) is 0 Å². The number of carbonyl (C=O) groups is 1. The van der Waals surface area contributed by atoms with Crippen LogP contribution in [0.4, 0.5) is 0 Å². The molecule has 3 fully saturated rings. The van der Waals surface area contributed by atoms with Crippen LogP contribution >= 0.6 is 0 Å². The Kier molecular flexibility index (Phi) is 2.65. The third-order valence-electron chi connectivity index (χ3n) is 6.48. The molecule has 4 nitrogen and oxygen atoms in total. The SMILES string of the molecule is CC1=C2C(=O)O[C@H]3CCC(C)(C)[C@H]([C@H]4OC(C)(C)O[C@@H]14)[C@@]23C. The molecule has 4 aliphatic rings. The molecule has 5 atom stereocenters. The van der Waals surface area contributed by atoms with Crippen molar-refractivity contribution in [1.82, 2.24) is 0 Å². The van der Waals surface area contributed by atoms with Gasteiger partial charge in [-0.15, -0.1) is 0 Å². The van der Waals surface area contributed by atoms with Crippen molar-refractivity contribution in [3.8, 4) is 0 Å². The molecule has 0 aromatic carbocycles. The van der Waals surface area contributed by atoms with E-state index in [4.69, 9.17) is 14.2 Å². The number of rotatable bonds is 0. The third kappa shape index (κ3) is 1.58. The summed E-state index contributed by atoms with van der Waals surface area (Å²) in [7, 11) is 0. The fourth-order valence-electron chi connectivity index (χ4n) is 5.76. The summed E-state index contributed by atoms with van der Waals surface area (Å²) in [6.07, 6.45) is 1.83. The van der Waals surface area contributed by atoms with E-state index in [1.54, 1.807) is 0 Å². The summed E-state index contributed by atoms with van der Waals surface area (Å²) < 4.78 is 18.2. The lowest BCUT2D eigenvalue weighted by atomic mass is 9.49. The highest BCUT2D eigenvalue weighted by Gasteiger charge is 2.69. The van der Waals surface area contributed by atoms with E-state index in [-0.39, 0.29) is 41.0 Å². The second-order valence-electron chi connectivity index (χ2n) is 8.76. The third-order valence-corrected chi connectivity index (χ3v) is 6.48. The first kappa shape index (κ1) is 14.7. The summed E-state index contributed by atoms with van der Waals surface area (Å²) in [5, 5.41) is 0. The average molecular weight is 306 g/mol. The maximum atomic E-state index is 12.6. The Labute approximate surface area is 132 Å². The van der Waals surface area contributed by atoms with Gasteiger partial charge in [0.15, 0.2) is 5.79 Å². The molecule has 0 bridgehead atoms. The molecule has 2 aliphatic carbocycles. The molecule has 4 heteroatoms. The van der Waals surface area contributed by atoms with Crippen LogP contribution in [0.3, 0.4) is 0 Å². The minimum Gasteiger partial charge on any atom is -0.458 e. The summed E-state index contributed by atoms with van der Waals surface area (Å²) in [4.78, 5) is 12.6. The van der Waals surface area contributed by atoms with Gasteiger partial charge in [0.05, 0.1) is 6.10 Å². The number of hydrogen-bond donors (Lipinski definition) is 0. The first-order chi connectivity index (χ1) is 10.1. The molecule has 0 radical (unpaired) electrons. The standard InChI is InChI=1S/C18H26O4/c1-9-11-15(19)20-10-7-8-16(2,3)14(18(10,11)6)13-12(9)21-17(4,5)22-13/h10,12-14H,7-8H2,1-6H3/t10-,12-,13-,14-,18+/m0/s1. The lowest BCUT2D eigenvalue weighted by Gasteiger charge is -2.55. The van der Waals surface area contributed by atoms with Gasteiger partial charge in [-0.3, -0.25) is 0 Å². The Hall–Kier alpha value is -0.870. The lowest BCUT2D eigenvalue weighted by molar-refractivity contribution is -0.173. The Bertz CT molecular complexity index is 588. The minimum absolute atomic E-state index is 0.00366. The van der Waals surface area contributed by atoms with Gasteiger partial charge in [0, 0.05) is 16.9 Å². The highest BCUT2D eigenvalue weighted by Crippen LogP contribution is 2.65. The van der Waals surface area contributed by atoms with Crippen LogP contribution in [-0.2, 0) is 19.0 Å². The van der Waals surface area contributed by atoms with Crippen LogP contribution in [0.15, 0.2) is 11.1 Å². The number of carbonyl (C=O) groups excluding carboxylic acids is 1. The van der Waals surface area contributed by atoms with E-state index >= 15 is 0 Å². The van der Waals surface area contributed by atoms with Crippen molar-refractivity contribution in [3.63, 3.8) is 0 Å². The van der Waals surface area contributed by atoms with E-state index < -0.39 is 5.79 Å². The largest absolute Gasteiger partial charge is 0.458 e. The second-order valence-corrected chi connectivity index (χ2v) is 8.76. The molecular formula is C18H26O4. The van der Waals surface area contributed by atoms with Crippen LogP contribution in [0.25, 0.3) is 0 Å². The van der Waals surface area contributed by atoms with Crippen LogP contribution in [0.5, 0.6) is 0 Å².